The summed E-state index contributed by atoms with van der Waals surface area (Å²) in [5.74, 6) is 0.652. The van der Waals surface area contributed by atoms with Crippen LogP contribution in [0.25, 0.3) is 122 Å². The molecule has 10 aromatic carbocycles. The lowest BCUT2D eigenvalue weighted by molar-refractivity contribution is 0.669. The molecule has 2 aromatic heterocycles. The van der Waals surface area contributed by atoms with Crippen molar-refractivity contribution in [3.8, 4) is 89.5 Å². The molecule has 0 N–H and O–H groups in total. The van der Waals surface area contributed by atoms with Crippen molar-refractivity contribution in [3.05, 3.63) is 243 Å². The summed E-state index contributed by atoms with van der Waals surface area (Å²) < 4.78 is 6.48. The first-order valence-corrected chi connectivity index (χ1v) is 22.0. The average Bonchev–Trinajstić information content (AvgIpc) is 3.76. The molecule has 0 spiro atoms. The van der Waals surface area contributed by atoms with Crippen LogP contribution < -0.4 is 0 Å². The number of fused-ring (bicyclic) bond motifs is 4. The van der Waals surface area contributed by atoms with E-state index in [9.17, 15) is 0 Å². The molecule has 0 aliphatic carbocycles. The Morgan fingerprint density at radius 2 is 0.646 bits per heavy atom. The number of nitrogens with zero attached hydrogens (tertiary/aromatic N) is 2. The topological polar surface area (TPSA) is 38.9 Å². The highest BCUT2D eigenvalue weighted by Crippen LogP contribution is 2.41. The van der Waals surface area contributed by atoms with Gasteiger partial charge in [0.15, 0.2) is 5.82 Å². The summed E-state index contributed by atoms with van der Waals surface area (Å²) in [6, 6.07) is 86.1. The molecule has 65 heavy (non-hydrogen) atoms. The molecule has 3 heteroatoms. The summed E-state index contributed by atoms with van der Waals surface area (Å²) >= 11 is 0. The molecule has 0 saturated heterocycles. The lowest BCUT2D eigenvalue weighted by atomic mass is 9.89. The van der Waals surface area contributed by atoms with E-state index in [1.54, 1.807) is 0 Å². The third kappa shape index (κ3) is 7.35. The zero-order valence-electron chi connectivity index (χ0n) is 35.4. The van der Waals surface area contributed by atoms with Gasteiger partial charge in [0.2, 0.25) is 0 Å². The van der Waals surface area contributed by atoms with E-state index in [2.05, 4.69) is 224 Å². The van der Waals surface area contributed by atoms with Gasteiger partial charge in [-0.15, -0.1) is 0 Å². The molecule has 0 radical (unpaired) electrons. The largest absolute Gasteiger partial charge is 0.456 e. The zero-order valence-corrected chi connectivity index (χ0v) is 35.4. The van der Waals surface area contributed by atoms with Crippen molar-refractivity contribution in [3.63, 3.8) is 0 Å². The Hall–Kier alpha value is -8.66. The zero-order chi connectivity index (χ0) is 43.1. The molecule has 0 saturated carbocycles. The second-order valence-corrected chi connectivity index (χ2v) is 16.6. The van der Waals surface area contributed by atoms with E-state index in [0.29, 0.717) is 5.82 Å². The minimum atomic E-state index is 0.652. The lowest BCUT2D eigenvalue weighted by Crippen LogP contribution is -1.96. The molecule has 2 heterocycles. The van der Waals surface area contributed by atoms with Crippen LogP contribution in [0.1, 0.15) is 0 Å². The van der Waals surface area contributed by atoms with Gasteiger partial charge in [0.25, 0.3) is 0 Å². The second-order valence-electron chi connectivity index (χ2n) is 16.6. The van der Waals surface area contributed by atoms with Crippen molar-refractivity contribution in [1.29, 1.82) is 0 Å². The SMILES string of the molecule is c1ccc(-c2cc(-c3ccccc3)cc(-c3cc(-c4ccccc4)cc(-c4ccc(-c5cc(-c6ccccc6)nc(-c6cccc7oc8cc9ccccc9cc8c67)n5)cc4)c3)c2)cc1. The van der Waals surface area contributed by atoms with Gasteiger partial charge in [-0.3, -0.25) is 0 Å². The first kappa shape index (κ1) is 38.0. The van der Waals surface area contributed by atoms with Gasteiger partial charge in [-0.05, 0) is 127 Å². The Labute approximate surface area is 377 Å². The van der Waals surface area contributed by atoms with Crippen molar-refractivity contribution in [2.24, 2.45) is 0 Å². The van der Waals surface area contributed by atoms with Crippen LogP contribution >= 0.6 is 0 Å². The monoisotopic (exact) mass is 828 g/mol. The fourth-order valence-corrected chi connectivity index (χ4v) is 9.15. The first-order valence-electron chi connectivity index (χ1n) is 22.0. The van der Waals surface area contributed by atoms with E-state index >= 15 is 0 Å². The predicted molar refractivity (Wildman–Crippen MR) is 270 cm³/mol. The van der Waals surface area contributed by atoms with E-state index in [0.717, 1.165) is 88.6 Å². The minimum absolute atomic E-state index is 0.652. The van der Waals surface area contributed by atoms with Crippen LogP contribution in [0.15, 0.2) is 247 Å². The van der Waals surface area contributed by atoms with E-state index < -0.39 is 0 Å². The number of rotatable bonds is 8. The maximum Gasteiger partial charge on any atom is 0.161 e. The van der Waals surface area contributed by atoms with Crippen molar-refractivity contribution in [2.45, 2.75) is 0 Å². The van der Waals surface area contributed by atoms with Crippen LogP contribution in [0.2, 0.25) is 0 Å². The maximum atomic E-state index is 6.48. The van der Waals surface area contributed by atoms with E-state index in [4.69, 9.17) is 14.4 Å². The highest BCUT2D eigenvalue weighted by molar-refractivity contribution is 6.15. The van der Waals surface area contributed by atoms with E-state index in [-0.39, 0.29) is 0 Å². The number of benzene rings is 10. The van der Waals surface area contributed by atoms with Crippen LogP contribution in [0.5, 0.6) is 0 Å². The Kier molecular flexibility index (Phi) is 9.50. The second kappa shape index (κ2) is 16.2. The summed E-state index contributed by atoms with van der Waals surface area (Å²) in [6.07, 6.45) is 0. The highest BCUT2D eigenvalue weighted by Gasteiger charge is 2.18. The maximum absolute atomic E-state index is 6.48. The van der Waals surface area contributed by atoms with Gasteiger partial charge in [0.1, 0.15) is 11.2 Å². The Bertz CT molecular complexity index is 3620. The Morgan fingerprint density at radius 3 is 1.14 bits per heavy atom. The third-order valence-corrected chi connectivity index (χ3v) is 12.4. The van der Waals surface area contributed by atoms with Crippen LogP contribution in [0.4, 0.5) is 0 Å². The molecule has 0 amide bonds. The van der Waals surface area contributed by atoms with Crippen LogP contribution in [-0.4, -0.2) is 9.97 Å². The summed E-state index contributed by atoms with van der Waals surface area (Å²) in [5, 5.41) is 4.37. The van der Waals surface area contributed by atoms with E-state index in [1.165, 1.54) is 27.8 Å². The number of furan rings is 1. The number of hydrogen-bond acceptors (Lipinski definition) is 3. The molecule has 0 fully saturated rings. The van der Waals surface area contributed by atoms with Crippen LogP contribution in [0.3, 0.4) is 0 Å². The van der Waals surface area contributed by atoms with Crippen molar-refractivity contribution in [1.82, 2.24) is 9.97 Å². The van der Waals surface area contributed by atoms with Gasteiger partial charge in [0.05, 0.1) is 11.4 Å². The average molecular weight is 829 g/mol. The van der Waals surface area contributed by atoms with Crippen molar-refractivity contribution < 1.29 is 4.42 Å². The molecule has 0 aliphatic rings. The fraction of sp³-hybridized carbons (Fsp3) is 0. The van der Waals surface area contributed by atoms with Gasteiger partial charge in [-0.2, -0.15) is 0 Å². The Balaban J connectivity index is 0.986. The summed E-state index contributed by atoms with van der Waals surface area (Å²) in [6.45, 7) is 0. The quantitative estimate of drug-likeness (QED) is 0.153. The van der Waals surface area contributed by atoms with Gasteiger partial charge in [0, 0.05) is 27.5 Å². The number of aromatic nitrogens is 2. The van der Waals surface area contributed by atoms with Crippen molar-refractivity contribution in [2.75, 3.05) is 0 Å². The molecule has 0 atom stereocenters. The van der Waals surface area contributed by atoms with Gasteiger partial charge in [-0.25, -0.2) is 9.97 Å². The molecule has 12 aromatic rings. The first-order chi connectivity index (χ1) is 32.2. The lowest BCUT2D eigenvalue weighted by Gasteiger charge is -2.15. The van der Waals surface area contributed by atoms with Gasteiger partial charge >= 0.3 is 0 Å². The molecule has 304 valence electrons. The van der Waals surface area contributed by atoms with Gasteiger partial charge in [-0.1, -0.05) is 182 Å². The molecule has 3 nitrogen and oxygen atoms in total. The van der Waals surface area contributed by atoms with Crippen LogP contribution in [-0.2, 0) is 0 Å². The predicted octanol–water partition coefficient (Wildman–Crippen LogP) is 16.9. The fourth-order valence-electron chi connectivity index (χ4n) is 9.15. The van der Waals surface area contributed by atoms with Crippen LogP contribution in [0, 0.1) is 0 Å². The molecule has 12 rings (SSSR count). The summed E-state index contributed by atoms with van der Waals surface area (Å²) in [7, 11) is 0. The Morgan fingerprint density at radius 1 is 0.262 bits per heavy atom. The van der Waals surface area contributed by atoms with E-state index in [1.807, 2.05) is 18.2 Å². The number of hydrogen-bond donors (Lipinski definition) is 0. The molecule has 0 bridgehead atoms. The summed E-state index contributed by atoms with van der Waals surface area (Å²) in [5.41, 5.74) is 18.0. The molecular formula is C62H40N2O. The standard InChI is InChI=1S/C62H40N2O/c1-5-16-41(17-6-1)49-32-50(42-18-7-2-8-19-42)35-53(34-49)54-36-51(43-20-9-3-10-21-43)33-52(37-54)44-28-30-46(31-29-44)58-40-57(45-22-11-4-12-23-45)63-62(64-58)55-26-15-27-59-61(55)56-38-47-24-13-14-25-48(47)39-60(56)65-59/h1-40H. The minimum Gasteiger partial charge on any atom is -0.456 e. The summed E-state index contributed by atoms with van der Waals surface area (Å²) in [4.78, 5) is 10.6. The molecular weight excluding hydrogens is 789 g/mol. The molecule has 0 aliphatic heterocycles. The normalized spacial score (nSPS) is 11.4. The molecule has 0 unspecified atom stereocenters. The smallest absolute Gasteiger partial charge is 0.161 e. The van der Waals surface area contributed by atoms with Gasteiger partial charge < -0.3 is 4.42 Å². The third-order valence-electron chi connectivity index (χ3n) is 12.4. The van der Waals surface area contributed by atoms with Crippen molar-refractivity contribution >= 4 is 32.7 Å². The highest BCUT2D eigenvalue weighted by atomic mass is 16.3.